The highest BCUT2D eigenvalue weighted by molar-refractivity contribution is 6.30. The van der Waals surface area contributed by atoms with Crippen molar-refractivity contribution >= 4 is 35.3 Å². The van der Waals surface area contributed by atoms with Gasteiger partial charge in [-0.15, -0.1) is 0 Å². The highest BCUT2D eigenvalue weighted by Crippen LogP contribution is 2.48. The Labute approximate surface area is 343 Å². The summed E-state index contributed by atoms with van der Waals surface area (Å²) in [5.74, 6) is 0.137. The van der Waals surface area contributed by atoms with E-state index in [0.29, 0.717) is 49.8 Å². The fourth-order valence-electron chi connectivity index (χ4n) is 9.28. The molecular weight excluding hydrogens is 748 g/mol. The van der Waals surface area contributed by atoms with Gasteiger partial charge in [-0.05, 0) is 152 Å². The summed E-state index contributed by atoms with van der Waals surface area (Å²) in [7, 11) is 3.00. The minimum absolute atomic E-state index is 0.119. The van der Waals surface area contributed by atoms with Gasteiger partial charge < -0.3 is 38.6 Å². The highest BCUT2D eigenvalue weighted by atomic mass is 35.5. The van der Waals surface area contributed by atoms with Crippen LogP contribution in [0.1, 0.15) is 110 Å². The van der Waals surface area contributed by atoms with Crippen LogP contribution in [0.4, 0.5) is 10.5 Å². The number of amides is 1. The van der Waals surface area contributed by atoms with E-state index in [1.54, 1.807) is 50.9 Å². The number of carbonyl (C=O) groups excluding carboxylic acids is 3. The third-order valence-electron chi connectivity index (χ3n) is 12.3. The summed E-state index contributed by atoms with van der Waals surface area (Å²) in [6, 6.07) is 11.4. The van der Waals surface area contributed by atoms with Gasteiger partial charge in [-0.2, -0.15) is 0 Å². The van der Waals surface area contributed by atoms with Gasteiger partial charge >= 0.3 is 18.0 Å². The maximum absolute atomic E-state index is 13.3. The molecule has 2 aliphatic carbocycles. The summed E-state index contributed by atoms with van der Waals surface area (Å²) < 4.78 is 29.4. The zero-order valence-electron chi connectivity index (χ0n) is 35.2. The van der Waals surface area contributed by atoms with E-state index in [-0.39, 0.29) is 23.2 Å². The number of esters is 2. The molecule has 1 unspecified atom stereocenters. The van der Waals surface area contributed by atoms with Crippen LogP contribution in [0.5, 0.6) is 5.75 Å². The first-order chi connectivity index (χ1) is 26.8. The quantitative estimate of drug-likeness (QED) is 0.187. The third-order valence-corrected chi connectivity index (χ3v) is 12.5. The van der Waals surface area contributed by atoms with Crippen LogP contribution in [0.25, 0.3) is 0 Å². The second-order valence-electron chi connectivity index (χ2n) is 18.9. The van der Waals surface area contributed by atoms with Crippen LogP contribution < -0.4 is 9.64 Å². The number of rotatable bonds is 10. The van der Waals surface area contributed by atoms with Crippen LogP contribution in [0.15, 0.2) is 36.4 Å². The second-order valence-corrected chi connectivity index (χ2v) is 19.3. The minimum atomic E-state index is -2.28. The van der Waals surface area contributed by atoms with Gasteiger partial charge in [0.25, 0.3) is 0 Å². The number of methoxy groups -OCH3 is 1. The number of anilines is 1. The molecule has 11 nitrogen and oxygen atoms in total. The molecule has 2 heterocycles. The van der Waals surface area contributed by atoms with Crippen molar-refractivity contribution in [3.05, 3.63) is 58.1 Å². The molecule has 1 N–H and O–H groups in total. The molecule has 1 saturated heterocycles. The van der Waals surface area contributed by atoms with Crippen LogP contribution in [0.3, 0.4) is 0 Å². The van der Waals surface area contributed by atoms with Gasteiger partial charge in [0.05, 0.1) is 31.9 Å². The molecular formula is C45H63ClN2O9. The van der Waals surface area contributed by atoms with E-state index in [1.165, 1.54) is 18.2 Å². The molecule has 2 aliphatic heterocycles. The van der Waals surface area contributed by atoms with Crippen molar-refractivity contribution in [2.24, 2.45) is 17.8 Å². The molecule has 4 aliphatic rings. The van der Waals surface area contributed by atoms with Crippen molar-refractivity contribution in [1.29, 1.82) is 0 Å². The van der Waals surface area contributed by atoms with Crippen LogP contribution in [-0.4, -0.2) is 92.3 Å². The van der Waals surface area contributed by atoms with Crippen LogP contribution in [0, 0.1) is 17.8 Å². The van der Waals surface area contributed by atoms with Gasteiger partial charge in [0, 0.05) is 43.7 Å². The van der Waals surface area contributed by atoms with E-state index in [0.717, 1.165) is 68.6 Å². The first-order valence-corrected chi connectivity index (χ1v) is 21.1. The Hall–Kier alpha value is -3.54. The summed E-state index contributed by atoms with van der Waals surface area (Å²) in [5, 5.41) is 12.7. The molecule has 2 aromatic rings. The van der Waals surface area contributed by atoms with Gasteiger partial charge in [0.1, 0.15) is 17.0 Å². The summed E-state index contributed by atoms with van der Waals surface area (Å²) >= 11 is 6.50. The number of hydrogen-bond donors (Lipinski definition) is 1. The average Bonchev–Trinajstić information content (AvgIpc) is 3.27. The number of ether oxygens (including phenoxy) is 5. The molecule has 0 aromatic heterocycles. The fraction of sp³-hybridized carbons (Fsp3) is 0.667. The number of fused-ring (bicyclic) bond motifs is 3. The SMILES string of the molecule is COC(=O)C(O)(CC(=O)OC(C)(C)C)c1ccc2c(c1)N(C[C@@H]1CC[C@H]1[C@@H]1C[C@H](CCN(C)C(=O)OC(C)(C)C)CCO1)C[C@@]1(CCCc3cc(Cl)ccc31)CO2. The smallest absolute Gasteiger partial charge is 0.410 e. The summed E-state index contributed by atoms with van der Waals surface area (Å²) in [4.78, 5) is 43.1. The molecule has 1 saturated carbocycles. The largest absolute Gasteiger partial charge is 0.490 e. The monoisotopic (exact) mass is 810 g/mol. The summed E-state index contributed by atoms with van der Waals surface area (Å²) in [5.41, 5.74) is -0.468. The van der Waals surface area contributed by atoms with Crippen molar-refractivity contribution in [1.82, 2.24) is 4.90 Å². The number of aliphatic hydroxyl groups is 1. The zero-order valence-corrected chi connectivity index (χ0v) is 35.9. The normalized spacial score (nSPS) is 25.8. The van der Waals surface area contributed by atoms with Gasteiger partial charge in [-0.1, -0.05) is 23.7 Å². The van der Waals surface area contributed by atoms with E-state index in [4.69, 9.17) is 35.3 Å². The van der Waals surface area contributed by atoms with Crippen LogP contribution in [-0.2, 0) is 46.0 Å². The number of hydrogen-bond acceptors (Lipinski definition) is 10. The Morgan fingerprint density at radius 3 is 2.46 bits per heavy atom. The molecule has 2 aromatic carbocycles. The Morgan fingerprint density at radius 2 is 1.77 bits per heavy atom. The molecule has 1 spiro atoms. The van der Waals surface area contributed by atoms with Gasteiger partial charge in [0.15, 0.2) is 5.60 Å². The minimum Gasteiger partial charge on any atom is -0.490 e. The molecule has 12 heteroatoms. The maximum atomic E-state index is 13.3. The highest BCUT2D eigenvalue weighted by Gasteiger charge is 2.47. The molecule has 314 valence electrons. The van der Waals surface area contributed by atoms with Crippen molar-refractivity contribution in [2.75, 3.05) is 51.9 Å². The molecule has 1 amide bonds. The number of carbonyl (C=O) groups is 3. The average molecular weight is 811 g/mol. The molecule has 6 rings (SSSR count). The lowest BCUT2D eigenvalue weighted by molar-refractivity contribution is -0.175. The number of benzene rings is 2. The number of aryl methyl sites for hydroxylation is 1. The van der Waals surface area contributed by atoms with Crippen molar-refractivity contribution < 1.29 is 43.2 Å². The molecule has 57 heavy (non-hydrogen) atoms. The first-order valence-electron chi connectivity index (χ1n) is 20.7. The topological polar surface area (TPSA) is 124 Å². The predicted molar refractivity (Wildman–Crippen MR) is 219 cm³/mol. The van der Waals surface area contributed by atoms with E-state index in [2.05, 4.69) is 17.0 Å². The predicted octanol–water partition coefficient (Wildman–Crippen LogP) is 7.98. The summed E-state index contributed by atoms with van der Waals surface area (Å²) in [6.45, 7) is 14.0. The molecule has 2 fully saturated rings. The Balaban J connectivity index is 1.27. The zero-order chi connectivity index (χ0) is 41.3. The standard InChI is InChI=1S/C45H63ClN2O9/c1-42(2,3)56-39(49)25-45(52,40(50)53-8)32-12-16-37-36(24-32)48(27-44(28-55-37)19-9-10-30-23-33(46)13-15-35(30)44)26-31-11-14-34(31)38-22-29(18-21-54-38)17-20-47(7)41(51)57-43(4,5)6/h12-13,15-16,23-24,29,31,34,38,52H,9-11,14,17-22,25-28H2,1-8H3/t29-,31+,34-,38+,44+,45?/m1/s1. The Bertz CT molecular complexity index is 1790. The van der Waals surface area contributed by atoms with E-state index >= 15 is 0 Å². The number of halogens is 1. The fourth-order valence-corrected chi connectivity index (χ4v) is 9.48. The number of nitrogens with zero attached hydrogens (tertiary/aromatic N) is 2. The van der Waals surface area contributed by atoms with Crippen LogP contribution >= 0.6 is 11.6 Å². The van der Waals surface area contributed by atoms with E-state index < -0.39 is 35.2 Å². The maximum Gasteiger partial charge on any atom is 0.410 e. The Kier molecular flexibility index (Phi) is 12.8. The lowest BCUT2D eigenvalue weighted by Gasteiger charge is -2.48. The summed E-state index contributed by atoms with van der Waals surface area (Å²) in [6.07, 6.45) is 7.02. The Morgan fingerprint density at radius 1 is 1.02 bits per heavy atom. The molecule has 0 radical (unpaired) electrons. The lowest BCUT2D eigenvalue weighted by atomic mass is 9.67. The van der Waals surface area contributed by atoms with E-state index in [1.807, 2.05) is 26.8 Å². The van der Waals surface area contributed by atoms with Gasteiger partial charge in [0.2, 0.25) is 0 Å². The van der Waals surface area contributed by atoms with Crippen molar-refractivity contribution in [2.45, 2.75) is 128 Å². The third kappa shape index (κ3) is 10.0. The first kappa shape index (κ1) is 43.0. The lowest BCUT2D eigenvalue weighted by Crippen LogP contribution is -2.50. The second kappa shape index (κ2) is 17.0. The van der Waals surface area contributed by atoms with Crippen molar-refractivity contribution in [3.8, 4) is 5.75 Å². The van der Waals surface area contributed by atoms with Gasteiger partial charge in [-0.3, -0.25) is 4.79 Å². The van der Waals surface area contributed by atoms with Crippen molar-refractivity contribution in [3.63, 3.8) is 0 Å². The van der Waals surface area contributed by atoms with E-state index in [9.17, 15) is 19.5 Å². The van der Waals surface area contributed by atoms with Crippen LogP contribution in [0.2, 0.25) is 5.02 Å². The molecule has 0 bridgehead atoms. The molecule has 6 atom stereocenters. The van der Waals surface area contributed by atoms with Gasteiger partial charge in [-0.25, -0.2) is 9.59 Å².